The third-order valence-electron chi connectivity index (χ3n) is 5.67. The van der Waals surface area contributed by atoms with Crippen LogP contribution in [-0.4, -0.2) is 49.4 Å². The summed E-state index contributed by atoms with van der Waals surface area (Å²) in [5.74, 6) is 1.45. The lowest BCUT2D eigenvalue weighted by Crippen LogP contribution is -2.43. The van der Waals surface area contributed by atoms with Crippen LogP contribution in [0.3, 0.4) is 0 Å². The molecule has 5 nitrogen and oxygen atoms in total. The molecule has 3 aromatic carbocycles. The summed E-state index contributed by atoms with van der Waals surface area (Å²) in [5.41, 5.74) is 4.80. The van der Waals surface area contributed by atoms with E-state index in [1.807, 2.05) is 54.7 Å². The number of aryl methyl sites for hydroxylation is 1. The van der Waals surface area contributed by atoms with Crippen LogP contribution >= 0.6 is 0 Å². The Morgan fingerprint density at radius 3 is 2.31 bits per heavy atom. The van der Waals surface area contributed by atoms with Crippen molar-refractivity contribution in [2.45, 2.75) is 20.1 Å². The normalized spacial score (nSPS) is 14.6. The van der Waals surface area contributed by atoms with Crippen LogP contribution in [0.4, 0.5) is 0 Å². The summed E-state index contributed by atoms with van der Waals surface area (Å²) in [5, 5.41) is 6.83. The summed E-state index contributed by atoms with van der Waals surface area (Å²) < 4.78 is 11.5. The molecule has 1 aliphatic rings. The summed E-state index contributed by atoms with van der Waals surface area (Å²) in [6, 6.07) is 24.9. The molecule has 1 saturated heterocycles. The maximum absolute atomic E-state index is 5.95. The molecule has 0 radical (unpaired) electrons. The molecule has 5 heteroatoms. The number of piperazine rings is 1. The largest absolute Gasteiger partial charge is 0.493 e. The highest BCUT2D eigenvalue weighted by molar-refractivity contribution is 5.80. The number of nitrogens with zero attached hydrogens (tertiary/aromatic N) is 3. The van der Waals surface area contributed by atoms with Crippen molar-refractivity contribution in [3.05, 3.63) is 95.1 Å². The Balaban J connectivity index is 1.29. The predicted molar refractivity (Wildman–Crippen MR) is 129 cm³/mol. The minimum Gasteiger partial charge on any atom is -0.493 e. The first-order valence-electron chi connectivity index (χ1n) is 11.1. The average molecular weight is 430 g/mol. The molecule has 0 aliphatic carbocycles. The third-order valence-corrected chi connectivity index (χ3v) is 5.67. The van der Waals surface area contributed by atoms with Gasteiger partial charge in [0.25, 0.3) is 0 Å². The fourth-order valence-electron chi connectivity index (χ4n) is 3.73. The Kier molecular flexibility index (Phi) is 7.41. The third kappa shape index (κ3) is 6.11. The van der Waals surface area contributed by atoms with Gasteiger partial charge in [-0.05, 0) is 41.8 Å². The van der Waals surface area contributed by atoms with Gasteiger partial charge in [0, 0.05) is 32.7 Å². The molecule has 1 aliphatic heterocycles. The van der Waals surface area contributed by atoms with Crippen molar-refractivity contribution >= 4 is 6.21 Å². The van der Waals surface area contributed by atoms with Crippen LogP contribution in [0.1, 0.15) is 22.3 Å². The molecule has 32 heavy (non-hydrogen) atoms. The van der Waals surface area contributed by atoms with Crippen LogP contribution in [0.5, 0.6) is 11.5 Å². The Hall–Kier alpha value is -3.31. The van der Waals surface area contributed by atoms with Crippen molar-refractivity contribution < 1.29 is 9.47 Å². The van der Waals surface area contributed by atoms with Gasteiger partial charge in [0.2, 0.25) is 0 Å². The zero-order valence-electron chi connectivity index (χ0n) is 18.9. The highest BCUT2D eigenvalue weighted by atomic mass is 16.5. The predicted octanol–water partition coefficient (Wildman–Crippen LogP) is 4.73. The van der Waals surface area contributed by atoms with Gasteiger partial charge >= 0.3 is 0 Å². The molecule has 1 heterocycles. The van der Waals surface area contributed by atoms with Gasteiger partial charge in [0.05, 0.1) is 13.3 Å². The van der Waals surface area contributed by atoms with E-state index in [-0.39, 0.29) is 0 Å². The van der Waals surface area contributed by atoms with E-state index in [1.54, 1.807) is 7.11 Å². The zero-order valence-corrected chi connectivity index (χ0v) is 18.9. The van der Waals surface area contributed by atoms with Crippen LogP contribution in [-0.2, 0) is 13.2 Å². The first-order valence-corrected chi connectivity index (χ1v) is 11.1. The maximum atomic E-state index is 5.95. The minimum absolute atomic E-state index is 0.511. The van der Waals surface area contributed by atoms with Crippen LogP contribution in [0.2, 0.25) is 0 Å². The molecule has 4 rings (SSSR count). The molecule has 0 atom stereocenters. The molecule has 0 aromatic heterocycles. The molecule has 0 amide bonds. The second-order valence-electron chi connectivity index (χ2n) is 8.14. The smallest absolute Gasteiger partial charge is 0.161 e. The Labute approximate surface area is 190 Å². The first kappa shape index (κ1) is 21.9. The molecule has 0 unspecified atom stereocenters. The van der Waals surface area contributed by atoms with Gasteiger partial charge < -0.3 is 9.47 Å². The lowest BCUT2D eigenvalue weighted by molar-refractivity contribution is 0.131. The SMILES string of the molecule is COc1cc(C=NN2CCN(Cc3ccc(C)cc3)CC2)ccc1OCc1ccccc1. The van der Waals surface area contributed by atoms with Gasteiger partial charge in [-0.2, -0.15) is 5.10 Å². The number of benzene rings is 3. The van der Waals surface area contributed by atoms with E-state index in [0.29, 0.717) is 12.4 Å². The minimum atomic E-state index is 0.511. The molecular weight excluding hydrogens is 398 g/mol. The summed E-state index contributed by atoms with van der Waals surface area (Å²) in [7, 11) is 1.67. The van der Waals surface area contributed by atoms with Crippen LogP contribution in [0.25, 0.3) is 0 Å². The number of ether oxygens (including phenoxy) is 2. The van der Waals surface area contributed by atoms with Crippen LogP contribution in [0, 0.1) is 6.92 Å². The molecule has 0 spiro atoms. The number of hydrazone groups is 1. The number of methoxy groups -OCH3 is 1. The molecule has 0 saturated carbocycles. The second-order valence-corrected chi connectivity index (χ2v) is 8.14. The summed E-state index contributed by atoms with van der Waals surface area (Å²) in [4.78, 5) is 2.48. The molecule has 3 aromatic rings. The number of rotatable bonds is 8. The van der Waals surface area contributed by atoms with Crippen LogP contribution < -0.4 is 9.47 Å². The number of hydrogen-bond donors (Lipinski definition) is 0. The van der Waals surface area contributed by atoms with E-state index < -0.39 is 0 Å². The van der Waals surface area contributed by atoms with E-state index in [4.69, 9.17) is 14.6 Å². The quantitative estimate of drug-likeness (QED) is 0.485. The lowest BCUT2D eigenvalue weighted by atomic mass is 10.1. The van der Waals surface area contributed by atoms with Crippen molar-refractivity contribution in [1.29, 1.82) is 0 Å². The molecule has 0 bridgehead atoms. The highest BCUT2D eigenvalue weighted by Gasteiger charge is 2.15. The Morgan fingerprint density at radius 1 is 0.844 bits per heavy atom. The van der Waals surface area contributed by atoms with E-state index in [2.05, 4.69) is 41.1 Å². The molecular formula is C27H31N3O2. The van der Waals surface area contributed by atoms with Gasteiger partial charge in [0.15, 0.2) is 11.5 Å². The molecule has 0 N–H and O–H groups in total. The van der Waals surface area contributed by atoms with Gasteiger partial charge in [-0.25, -0.2) is 0 Å². The zero-order chi connectivity index (χ0) is 22.2. The van der Waals surface area contributed by atoms with Gasteiger partial charge in [0.1, 0.15) is 6.61 Å². The second kappa shape index (κ2) is 10.8. The highest BCUT2D eigenvalue weighted by Crippen LogP contribution is 2.28. The van der Waals surface area contributed by atoms with Gasteiger partial charge in [-0.1, -0.05) is 60.2 Å². The Morgan fingerprint density at radius 2 is 1.59 bits per heavy atom. The molecule has 166 valence electrons. The van der Waals surface area contributed by atoms with E-state index in [9.17, 15) is 0 Å². The maximum Gasteiger partial charge on any atom is 0.161 e. The van der Waals surface area contributed by atoms with Crippen molar-refractivity contribution in [2.75, 3.05) is 33.3 Å². The standard InChI is InChI=1S/C27H31N3O2/c1-22-8-10-23(11-9-22)20-29-14-16-30(17-15-29)28-19-25-12-13-26(27(18-25)31-2)32-21-24-6-4-3-5-7-24/h3-13,18-19H,14-17,20-21H2,1-2H3. The fourth-order valence-corrected chi connectivity index (χ4v) is 3.73. The molecule has 1 fully saturated rings. The van der Waals surface area contributed by atoms with Crippen molar-refractivity contribution in [3.63, 3.8) is 0 Å². The number of hydrogen-bond acceptors (Lipinski definition) is 5. The Bertz CT molecular complexity index is 1010. The first-order chi connectivity index (χ1) is 15.7. The van der Waals surface area contributed by atoms with Crippen molar-refractivity contribution in [3.8, 4) is 11.5 Å². The monoisotopic (exact) mass is 429 g/mol. The van der Waals surface area contributed by atoms with E-state index >= 15 is 0 Å². The van der Waals surface area contributed by atoms with E-state index in [0.717, 1.165) is 49.6 Å². The van der Waals surface area contributed by atoms with Crippen LogP contribution in [0.15, 0.2) is 77.9 Å². The summed E-state index contributed by atoms with van der Waals surface area (Å²) in [6.07, 6.45) is 1.90. The summed E-state index contributed by atoms with van der Waals surface area (Å²) >= 11 is 0. The van der Waals surface area contributed by atoms with Gasteiger partial charge in [-0.15, -0.1) is 0 Å². The summed E-state index contributed by atoms with van der Waals surface area (Å²) in [6.45, 7) is 7.52. The van der Waals surface area contributed by atoms with Crippen molar-refractivity contribution in [2.24, 2.45) is 5.10 Å². The van der Waals surface area contributed by atoms with Gasteiger partial charge in [-0.3, -0.25) is 9.91 Å². The fraction of sp³-hybridized carbons (Fsp3) is 0.296. The average Bonchev–Trinajstić information content (AvgIpc) is 2.84. The van der Waals surface area contributed by atoms with Crippen molar-refractivity contribution in [1.82, 2.24) is 9.91 Å². The topological polar surface area (TPSA) is 37.3 Å². The lowest BCUT2D eigenvalue weighted by Gasteiger charge is -2.33. The van der Waals surface area contributed by atoms with E-state index in [1.165, 1.54) is 11.1 Å².